The fourth-order valence-corrected chi connectivity index (χ4v) is 8.26. The van der Waals surface area contributed by atoms with Crippen molar-refractivity contribution in [1.82, 2.24) is 35.2 Å². The molecular weight excluding hydrogens is 865 g/mol. The number of anilines is 1. The summed E-state index contributed by atoms with van der Waals surface area (Å²) in [5.41, 5.74) is -4.96. The van der Waals surface area contributed by atoms with E-state index in [-0.39, 0.29) is 56.2 Å². The van der Waals surface area contributed by atoms with Gasteiger partial charge in [-0.1, -0.05) is 23.6 Å². The van der Waals surface area contributed by atoms with E-state index in [0.717, 1.165) is 18.4 Å². The van der Waals surface area contributed by atoms with Gasteiger partial charge in [-0.3, -0.25) is 18.9 Å². The van der Waals surface area contributed by atoms with E-state index in [4.69, 9.17) is 16.7 Å². The van der Waals surface area contributed by atoms with Crippen LogP contribution in [0.5, 0.6) is 0 Å². The number of aromatic nitrogens is 5. The third-order valence-corrected chi connectivity index (χ3v) is 10.9. The smallest absolute Gasteiger partial charge is 0.435 e. The number of carbonyl (C=O) groups is 2. The van der Waals surface area contributed by atoms with Crippen LogP contribution in [0.1, 0.15) is 59.2 Å². The molecule has 2 aromatic carbocycles. The number of carboxylic acid groups (broad SMARTS) is 1. The molecule has 1 saturated carbocycles. The first-order valence-electron chi connectivity index (χ1n) is 18.0. The van der Waals surface area contributed by atoms with Gasteiger partial charge >= 0.3 is 12.3 Å². The Balaban J connectivity index is 1.39. The molecule has 14 nitrogen and oxygen atoms in total. The van der Waals surface area contributed by atoms with Crippen LogP contribution >= 0.6 is 11.6 Å². The number of rotatable bonds is 11. The van der Waals surface area contributed by atoms with Crippen LogP contribution in [0.25, 0.3) is 22.0 Å². The van der Waals surface area contributed by atoms with Gasteiger partial charge in [0.1, 0.15) is 35.2 Å². The van der Waals surface area contributed by atoms with Crippen LogP contribution in [0.3, 0.4) is 0 Å². The molecule has 0 aliphatic heterocycles. The van der Waals surface area contributed by atoms with E-state index in [9.17, 15) is 45.1 Å². The maximum absolute atomic E-state index is 15.4. The van der Waals surface area contributed by atoms with E-state index < -0.39 is 106 Å². The summed E-state index contributed by atoms with van der Waals surface area (Å²) in [6.45, 7) is -0.487. The van der Waals surface area contributed by atoms with Crippen molar-refractivity contribution in [1.29, 1.82) is 0 Å². The normalized spacial score (nSPS) is 18.0. The molecule has 23 heteroatoms. The van der Waals surface area contributed by atoms with Crippen molar-refractivity contribution in [3.8, 4) is 23.0 Å². The molecule has 3 heterocycles. The van der Waals surface area contributed by atoms with E-state index in [1.54, 1.807) is 0 Å². The third-order valence-electron chi connectivity index (χ3n) is 10.00. The van der Waals surface area contributed by atoms with Gasteiger partial charge in [0.2, 0.25) is 15.9 Å². The second-order valence-electron chi connectivity index (χ2n) is 14.9. The molecule has 7 rings (SSSR count). The molecule has 2 amide bonds. The minimum absolute atomic E-state index is 0.0479. The molecule has 0 spiro atoms. The van der Waals surface area contributed by atoms with Gasteiger partial charge in [0.25, 0.3) is 5.92 Å². The molecule has 0 radical (unpaired) electrons. The van der Waals surface area contributed by atoms with Crippen LogP contribution in [0.4, 0.5) is 41.3 Å². The number of sulfonamides is 1. The molecule has 0 saturated heterocycles. The number of nitrogens with one attached hydrogen (secondary N) is 3. The molecule has 0 bridgehead atoms. The van der Waals surface area contributed by atoms with Gasteiger partial charge in [0, 0.05) is 35.7 Å². The second-order valence-corrected chi connectivity index (χ2v) is 17.1. The topological polar surface area (TPSA) is 193 Å². The highest BCUT2D eigenvalue weighted by atomic mass is 35.5. The lowest BCUT2D eigenvalue weighted by molar-refractivity contribution is -0.142. The Kier molecular flexibility index (Phi) is 10.8. The van der Waals surface area contributed by atoms with Gasteiger partial charge in [-0.05, 0) is 67.5 Å². The molecule has 2 aliphatic carbocycles. The van der Waals surface area contributed by atoms with E-state index in [0.29, 0.717) is 10.7 Å². The van der Waals surface area contributed by atoms with Gasteiger partial charge < -0.3 is 20.8 Å². The van der Waals surface area contributed by atoms with Gasteiger partial charge in [0.15, 0.2) is 11.5 Å². The first-order chi connectivity index (χ1) is 28.3. The van der Waals surface area contributed by atoms with Crippen molar-refractivity contribution in [3.63, 3.8) is 0 Å². The molecule has 1 unspecified atom stereocenters. The lowest BCUT2D eigenvalue weighted by Gasteiger charge is -2.23. The molecule has 1 fully saturated rings. The summed E-state index contributed by atoms with van der Waals surface area (Å²) < 4.78 is 131. The number of aliphatic hydroxyl groups is 1. The van der Waals surface area contributed by atoms with Crippen LogP contribution < -0.4 is 15.4 Å². The van der Waals surface area contributed by atoms with E-state index >= 15 is 8.78 Å². The Morgan fingerprint density at radius 2 is 1.75 bits per heavy atom. The third kappa shape index (κ3) is 8.80. The summed E-state index contributed by atoms with van der Waals surface area (Å²) in [4.78, 5) is 29.6. The molecule has 2 aliphatic rings. The molecular formula is C38H32ClF7N8O6S. The van der Waals surface area contributed by atoms with E-state index in [1.165, 1.54) is 42.9 Å². The number of nitrogens with zero attached hydrogens (tertiary/aromatic N) is 5. The summed E-state index contributed by atoms with van der Waals surface area (Å²) in [5.74, 6) is -4.49. The predicted octanol–water partition coefficient (Wildman–Crippen LogP) is 5.83. The first kappa shape index (κ1) is 43.2. The molecule has 4 atom stereocenters. The van der Waals surface area contributed by atoms with Crippen LogP contribution in [0, 0.1) is 29.4 Å². The van der Waals surface area contributed by atoms with Crippen molar-refractivity contribution in [3.05, 3.63) is 93.0 Å². The zero-order valence-electron chi connectivity index (χ0n) is 31.8. The molecule has 61 heavy (non-hydrogen) atoms. The summed E-state index contributed by atoms with van der Waals surface area (Å²) in [5, 5.41) is 32.1. The van der Waals surface area contributed by atoms with Crippen LogP contribution in [-0.4, -0.2) is 73.6 Å². The zero-order chi connectivity index (χ0) is 44.6. The molecule has 5 N–H and O–H groups in total. The molecule has 322 valence electrons. The van der Waals surface area contributed by atoms with E-state index in [2.05, 4.69) is 37.1 Å². The van der Waals surface area contributed by atoms with Gasteiger partial charge in [-0.25, -0.2) is 27.0 Å². The summed E-state index contributed by atoms with van der Waals surface area (Å²) in [6, 6.07) is 6.64. The van der Waals surface area contributed by atoms with Crippen LogP contribution in [-0.2, 0) is 46.9 Å². The van der Waals surface area contributed by atoms with Crippen LogP contribution in [0.2, 0.25) is 5.02 Å². The highest BCUT2D eigenvalue weighted by molar-refractivity contribution is 7.92. The second kappa shape index (κ2) is 15.2. The predicted molar refractivity (Wildman–Crippen MR) is 204 cm³/mol. The Bertz CT molecular complexity index is 2800. The lowest BCUT2D eigenvalue weighted by Crippen LogP contribution is -2.38. The number of aryl methyl sites for hydroxylation is 1. The highest BCUT2D eigenvalue weighted by Gasteiger charge is 2.68. The number of hydrogen-bond donors (Lipinski definition) is 5. The SMILES string of the molecule is Cn1nc(NS(C)(=O)=O)c2c(Cl)ccc(-c3ccc(C#CC(C)(O)CNC(=O)O)nc3[C@H](Cc3cc(F)cc(F)c3)NC(=O)Cn3nc(C(F)(F)F)c4c3C(F)(F)[C@@H]3C[C@H]43)c21. The largest absolute Gasteiger partial charge is 0.465 e. The van der Waals surface area contributed by atoms with Crippen molar-refractivity contribution in [2.24, 2.45) is 13.0 Å². The highest BCUT2D eigenvalue weighted by Crippen LogP contribution is 2.68. The average molecular weight is 897 g/mol. The molecule has 3 aromatic heterocycles. The fraction of sp³-hybridized carbons (Fsp3) is 0.342. The summed E-state index contributed by atoms with van der Waals surface area (Å²) in [7, 11) is -2.44. The number of amides is 2. The number of pyridine rings is 1. The number of fused-ring (bicyclic) bond motifs is 4. The number of benzene rings is 2. The number of hydrogen-bond acceptors (Lipinski definition) is 8. The first-order valence-corrected chi connectivity index (χ1v) is 20.3. The van der Waals surface area contributed by atoms with Crippen molar-refractivity contribution in [2.45, 2.75) is 56.0 Å². The minimum Gasteiger partial charge on any atom is -0.465 e. The quantitative estimate of drug-likeness (QED) is 0.0802. The lowest BCUT2D eigenvalue weighted by atomic mass is 9.93. The Morgan fingerprint density at radius 1 is 1.08 bits per heavy atom. The maximum atomic E-state index is 15.4. The number of alkyl halides is 5. The standard InChI is InChI=1S/C38H32ClF7N8O6S/c1-36(58,16-47-35(56)57)9-8-20-4-5-21(22-6-7-25(39)29-31(22)53(2)51-34(29)52-61(3,59)60)30(48-20)26(12-17-10-18(40)13-19(41)11-17)49-27(55)15-54-33-28(32(50-54)38(44,45)46)23-14-24(23)37(33,42)43/h4-7,10-11,13,23-24,26,47,58H,12,14-16H2,1-3H3,(H,49,55)(H,51,52)(H,56,57)/t23-,24+,26-,36?/m0/s1. The van der Waals surface area contributed by atoms with Crippen LogP contribution in [0.15, 0.2) is 42.5 Å². The van der Waals surface area contributed by atoms with Gasteiger partial charge in [0.05, 0.1) is 40.5 Å². The molecule has 5 aromatic rings. The minimum atomic E-state index is -5.12. The Hall–Kier alpha value is -5.92. The summed E-state index contributed by atoms with van der Waals surface area (Å²) >= 11 is 6.56. The van der Waals surface area contributed by atoms with E-state index in [1.807, 2.05) is 5.32 Å². The Morgan fingerprint density at radius 3 is 2.39 bits per heavy atom. The Labute approximate surface area is 346 Å². The number of carbonyl (C=O) groups excluding carboxylic acids is 1. The monoisotopic (exact) mass is 896 g/mol. The number of halogens is 8. The van der Waals surface area contributed by atoms with Crippen molar-refractivity contribution >= 4 is 50.3 Å². The fourth-order valence-electron chi connectivity index (χ4n) is 7.52. The van der Waals surface area contributed by atoms with Crippen molar-refractivity contribution in [2.75, 3.05) is 17.5 Å². The zero-order valence-corrected chi connectivity index (χ0v) is 33.4. The van der Waals surface area contributed by atoms with Crippen molar-refractivity contribution < 1.29 is 59.0 Å². The van der Waals surface area contributed by atoms with Gasteiger partial charge in [-0.2, -0.15) is 32.1 Å². The summed E-state index contributed by atoms with van der Waals surface area (Å²) in [6.07, 6.45) is -6.35. The van der Waals surface area contributed by atoms with Gasteiger partial charge in [-0.15, -0.1) is 0 Å². The average Bonchev–Trinajstić information content (AvgIpc) is 3.67. The maximum Gasteiger partial charge on any atom is 0.435 e.